The van der Waals surface area contributed by atoms with E-state index in [1.54, 1.807) is 48.5 Å². The van der Waals surface area contributed by atoms with E-state index in [1.165, 1.54) is 10.6 Å². The van der Waals surface area contributed by atoms with E-state index < -0.39 is 10.0 Å². The molecule has 6 heteroatoms. The van der Waals surface area contributed by atoms with Gasteiger partial charge in [0.15, 0.2) is 0 Å². The Kier molecular flexibility index (Phi) is 6.11. The maximum Gasteiger partial charge on any atom is 0.251 e. The van der Waals surface area contributed by atoms with Crippen LogP contribution < -0.4 is 9.62 Å². The van der Waals surface area contributed by atoms with Crippen LogP contribution in [0.15, 0.2) is 84.9 Å². The minimum Gasteiger partial charge on any atom is -0.348 e. The fourth-order valence-electron chi connectivity index (χ4n) is 2.80. The summed E-state index contributed by atoms with van der Waals surface area (Å²) in [5.41, 5.74) is 2.97. The van der Waals surface area contributed by atoms with Gasteiger partial charge >= 0.3 is 0 Å². The molecule has 0 saturated heterocycles. The highest BCUT2D eigenvalue weighted by molar-refractivity contribution is 7.92. The monoisotopic (exact) mass is 394 g/mol. The zero-order valence-electron chi connectivity index (χ0n) is 15.6. The van der Waals surface area contributed by atoms with Crippen LogP contribution in [0, 0.1) is 0 Å². The normalized spacial score (nSPS) is 11.0. The summed E-state index contributed by atoms with van der Waals surface area (Å²) in [5, 5.41) is 2.88. The maximum absolute atomic E-state index is 12.3. The summed E-state index contributed by atoms with van der Waals surface area (Å²) < 4.78 is 25.7. The molecule has 0 aliphatic carbocycles. The fraction of sp³-hybridized carbons (Fsp3) is 0.136. The average molecular weight is 394 g/mol. The number of amides is 1. The fourth-order valence-corrected chi connectivity index (χ4v) is 3.69. The Bertz CT molecular complexity index is 1020. The molecule has 28 heavy (non-hydrogen) atoms. The third-order valence-corrected chi connectivity index (χ3v) is 5.42. The smallest absolute Gasteiger partial charge is 0.251 e. The molecule has 0 aliphatic heterocycles. The van der Waals surface area contributed by atoms with Crippen LogP contribution >= 0.6 is 0 Å². The van der Waals surface area contributed by atoms with E-state index in [0.29, 0.717) is 17.8 Å². The van der Waals surface area contributed by atoms with Gasteiger partial charge in [-0.1, -0.05) is 60.7 Å². The van der Waals surface area contributed by atoms with Gasteiger partial charge in [-0.15, -0.1) is 0 Å². The molecule has 144 valence electrons. The van der Waals surface area contributed by atoms with Gasteiger partial charge in [-0.2, -0.15) is 0 Å². The Balaban J connectivity index is 1.68. The third-order valence-electron chi connectivity index (χ3n) is 4.28. The van der Waals surface area contributed by atoms with Crippen LogP contribution in [-0.4, -0.2) is 20.6 Å². The van der Waals surface area contributed by atoms with E-state index in [0.717, 1.165) is 11.1 Å². The quantitative estimate of drug-likeness (QED) is 0.666. The zero-order valence-corrected chi connectivity index (χ0v) is 16.4. The lowest BCUT2D eigenvalue weighted by Gasteiger charge is -2.22. The minimum atomic E-state index is -3.43. The number of hydrogen-bond acceptors (Lipinski definition) is 3. The van der Waals surface area contributed by atoms with Crippen LogP contribution in [-0.2, 0) is 23.1 Å². The Labute approximate surface area is 165 Å². The highest BCUT2D eigenvalue weighted by atomic mass is 32.2. The summed E-state index contributed by atoms with van der Waals surface area (Å²) in [6.45, 7) is 0.659. The maximum atomic E-state index is 12.3. The molecular weight excluding hydrogens is 372 g/mol. The molecule has 0 aliphatic rings. The molecule has 3 aromatic rings. The lowest BCUT2D eigenvalue weighted by Crippen LogP contribution is -2.29. The van der Waals surface area contributed by atoms with Gasteiger partial charge in [0.05, 0.1) is 18.5 Å². The summed E-state index contributed by atoms with van der Waals surface area (Å²) in [4.78, 5) is 12.3. The number of carbonyl (C=O) groups excluding carboxylic acids is 1. The summed E-state index contributed by atoms with van der Waals surface area (Å²) in [5.74, 6) is -0.168. The second-order valence-electron chi connectivity index (χ2n) is 6.47. The summed E-state index contributed by atoms with van der Waals surface area (Å²) >= 11 is 0. The Morgan fingerprint density at radius 1 is 0.821 bits per heavy atom. The number of nitrogens with one attached hydrogen (secondary N) is 1. The van der Waals surface area contributed by atoms with Crippen LogP contribution in [0.5, 0.6) is 0 Å². The van der Waals surface area contributed by atoms with Gasteiger partial charge in [0, 0.05) is 12.1 Å². The molecule has 3 aromatic carbocycles. The van der Waals surface area contributed by atoms with Crippen molar-refractivity contribution in [2.45, 2.75) is 13.1 Å². The van der Waals surface area contributed by atoms with Gasteiger partial charge in [-0.3, -0.25) is 9.10 Å². The van der Waals surface area contributed by atoms with Crippen molar-refractivity contribution in [3.8, 4) is 0 Å². The van der Waals surface area contributed by atoms with Gasteiger partial charge in [0.25, 0.3) is 5.91 Å². The molecule has 0 aromatic heterocycles. The Hall–Kier alpha value is -3.12. The highest BCUT2D eigenvalue weighted by Gasteiger charge is 2.17. The molecule has 0 heterocycles. The molecular formula is C22H22N2O3S. The van der Waals surface area contributed by atoms with Crippen molar-refractivity contribution >= 4 is 21.6 Å². The second-order valence-corrected chi connectivity index (χ2v) is 8.38. The molecule has 0 atom stereocenters. The van der Waals surface area contributed by atoms with Gasteiger partial charge in [-0.25, -0.2) is 8.42 Å². The number of para-hydroxylation sites is 1. The van der Waals surface area contributed by atoms with E-state index in [2.05, 4.69) is 5.32 Å². The van der Waals surface area contributed by atoms with Crippen molar-refractivity contribution in [3.63, 3.8) is 0 Å². The number of benzene rings is 3. The summed E-state index contributed by atoms with van der Waals surface area (Å²) in [7, 11) is -3.43. The number of carbonyl (C=O) groups is 1. The highest BCUT2D eigenvalue weighted by Crippen LogP contribution is 2.20. The molecule has 5 nitrogen and oxygen atoms in total. The lowest BCUT2D eigenvalue weighted by atomic mass is 10.1. The lowest BCUT2D eigenvalue weighted by molar-refractivity contribution is 0.0951. The van der Waals surface area contributed by atoms with E-state index in [-0.39, 0.29) is 12.5 Å². The molecule has 0 spiro atoms. The third kappa shape index (κ3) is 5.20. The van der Waals surface area contributed by atoms with Crippen molar-refractivity contribution in [1.29, 1.82) is 0 Å². The Morgan fingerprint density at radius 2 is 1.39 bits per heavy atom. The Morgan fingerprint density at radius 3 is 1.96 bits per heavy atom. The first kappa shape index (κ1) is 19.6. The summed E-state index contributed by atoms with van der Waals surface area (Å²) in [6, 6.07) is 25.6. The van der Waals surface area contributed by atoms with E-state index in [9.17, 15) is 13.2 Å². The SMILES string of the molecule is CS(=O)(=O)N(Cc1ccc(C(=O)NCc2ccccc2)cc1)c1ccccc1. The molecule has 3 rings (SSSR count). The molecule has 0 fully saturated rings. The molecule has 0 bridgehead atoms. The number of nitrogens with zero attached hydrogens (tertiary/aromatic N) is 1. The van der Waals surface area contributed by atoms with Gasteiger partial charge in [0.1, 0.15) is 0 Å². The number of hydrogen-bond donors (Lipinski definition) is 1. The van der Waals surface area contributed by atoms with Crippen LogP contribution in [0.1, 0.15) is 21.5 Å². The molecule has 0 unspecified atom stereocenters. The first-order valence-corrected chi connectivity index (χ1v) is 10.7. The van der Waals surface area contributed by atoms with Gasteiger partial charge in [0.2, 0.25) is 10.0 Å². The van der Waals surface area contributed by atoms with Crippen LogP contribution in [0.4, 0.5) is 5.69 Å². The van der Waals surface area contributed by atoms with E-state index in [4.69, 9.17) is 0 Å². The van der Waals surface area contributed by atoms with E-state index in [1.807, 2.05) is 36.4 Å². The van der Waals surface area contributed by atoms with Crippen molar-refractivity contribution in [3.05, 3.63) is 102 Å². The van der Waals surface area contributed by atoms with Gasteiger partial charge in [-0.05, 0) is 35.4 Å². The standard InChI is InChI=1S/C22H22N2O3S/c1-28(26,27)24(21-10-6-3-7-11-21)17-19-12-14-20(15-13-19)22(25)23-16-18-8-4-2-5-9-18/h2-15H,16-17H2,1H3,(H,23,25). The predicted molar refractivity (Wildman–Crippen MR) is 112 cm³/mol. The second kappa shape index (κ2) is 8.71. The first-order valence-electron chi connectivity index (χ1n) is 8.87. The number of anilines is 1. The average Bonchev–Trinajstić information content (AvgIpc) is 2.71. The number of rotatable bonds is 7. The molecule has 1 N–H and O–H groups in total. The van der Waals surface area contributed by atoms with Crippen LogP contribution in [0.3, 0.4) is 0 Å². The predicted octanol–water partition coefficient (Wildman–Crippen LogP) is 3.58. The van der Waals surface area contributed by atoms with Crippen molar-refractivity contribution < 1.29 is 13.2 Å². The first-order chi connectivity index (χ1) is 13.4. The topological polar surface area (TPSA) is 66.5 Å². The largest absolute Gasteiger partial charge is 0.348 e. The summed E-state index contributed by atoms with van der Waals surface area (Å²) in [6.07, 6.45) is 1.19. The molecule has 0 radical (unpaired) electrons. The van der Waals surface area contributed by atoms with Crippen LogP contribution in [0.2, 0.25) is 0 Å². The van der Waals surface area contributed by atoms with Gasteiger partial charge < -0.3 is 5.32 Å². The van der Waals surface area contributed by atoms with Crippen LogP contribution in [0.25, 0.3) is 0 Å². The molecule has 0 saturated carbocycles. The minimum absolute atomic E-state index is 0.168. The van der Waals surface area contributed by atoms with Crippen molar-refractivity contribution in [1.82, 2.24) is 5.32 Å². The van der Waals surface area contributed by atoms with Crippen molar-refractivity contribution in [2.24, 2.45) is 0 Å². The zero-order chi connectivity index (χ0) is 20.0. The number of sulfonamides is 1. The van der Waals surface area contributed by atoms with E-state index >= 15 is 0 Å². The van der Waals surface area contributed by atoms with Crippen molar-refractivity contribution in [2.75, 3.05) is 10.6 Å². The molecule has 1 amide bonds.